The Labute approximate surface area is 146 Å². The molecule has 0 amide bonds. The minimum absolute atomic E-state index is 0.0344. The third kappa shape index (κ3) is 3.38. The van der Waals surface area contributed by atoms with E-state index in [4.69, 9.17) is 24.7 Å². The maximum Gasteiger partial charge on any atom is 0.338 e. The Balaban J connectivity index is 2.64. The van der Waals surface area contributed by atoms with Crippen LogP contribution in [-0.4, -0.2) is 26.8 Å². The number of methoxy groups -OCH3 is 2. The van der Waals surface area contributed by atoms with Crippen molar-refractivity contribution in [3.05, 3.63) is 46.6 Å². The number of hydrogen-bond donors (Lipinski definition) is 1. The van der Waals surface area contributed by atoms with Crippen molar-refractivity contribution in [1.82, 2.24) is 0 Å². The number of carbonyl (C=O) groups excluding carboxylic acids is 1. The van der Waals surface area contributed by atoms with Gasteiger partial charge in [-0.3, -0.25) is 0 Å². The summed E-state index contributed by atoms with van der Waals surface area (Å²) in [5.41, 5.74) is 6.88. The van der Waals surface area contributed by atoms with E-state index in [2.05, 4.69) is 0 Å². The third-order valence-corrected chi connectivity index (χ3v) is 3.84. The number of esters is 1. The lowest BCUT2D eigenvalue weighted by Crippen LogP contribution is -2.25. The van der Waals surface area contributed by atoms with Crippen LogP contribution in [0.5, 0.6) is 11.5 Å². The first-order chi connectivity index (χ1) is 12.0. The van der Waals surface area contributed by atoms with Crippen molar-refractivity contribution in [1.29, 1.82) is 5.26 Å². The second-order valence-corrected chi connectivity index (χ2v) is 5.23. The number of nitrogens with zero attached hydrogens (tertiary/aromatic N) is 1. The zero-order chi connectivity index (χ0) is 18.6. The molecule has 1 aliphatic heterocycles. The number of ether oxygens (including phenoxy) is 4. The maximum atomic E-state index is 12.4. The summed E-state index contributed by atoms with van der Waals surface area (Å²) in [6.07, 6.45) is 0. The molecule has 1 aromatic carbocycles. The van der Waals surface area contributed by atoms with Crippen molar-refractivity contribution in [2.24, 2.45) is 5.73 Å². The van der Waals surface area contributed by atoms with E-state index in [1.165, 1.54) is 14.2 Å². The van der Waals surface area contributed by atoms with Gasteiger partial charge in [-0.25, -0.2) is 4.79 Å². The lowest BCUT2D eigenvalue weighted by atomic mass is 9.83. The summed E-state index contributed by atoms with van der Waals surface area (Å²) >= 11 is 0. The zero-order valence-corrected chi connectivity index (χ0v) is 14.6. The minimum Gasteiger partial charge on any atom is -0.493 e. The summed E-state index contributed by atoms with van der Waals surface area (Å²) in [6.45, 7) is 3.52. The predicted molar refractivity (Wildman–Crippen MR) is 89.5 cm³/mol. The largest absolute Gasteiger partial charge is 0.493 e. The number of carbonyl (C=O) groups is 1. The number of nitrogens with two attached hydrogens (primary N) is 1. The Bertz CT molecular complexity index is 789. The highest BCUT2D eigenvalue weighted by Crippen LogP contribution is 2.42. The summed E-state index contributed by atoms with van der Waals surface area (Å²) < 4.78 is 21.1. The number of allylic oxidation sites excluding steroid dienone is 2. The molecule has 7 nitrogen and oxygen atoms in total. The van der Waals surface area contributed by atoms with Crippen LogP contribution < -0.4 is 15.2 Å². The standard InChI is InChI=1S/C18H20N2O5/c1-5-24-18(21)15-10(2)25-17(20)12(9-19)16(15)11-6-7-13(22-3)14(8-11)23-4/h6-8,16H,5,20H2,1-4H3. The molecule has 7 heteroatoms. The van der Waals surface area contributed by atoms with Gasteiger partial charge in [-0.05, 0) is 31.5 Å². The minimum atomic E-state index is -0.711. The highest BCUT2D eigenvalue weighted by molar-refractivity contribution is 5.92. The van der Waals surface area contributed by atoms with E-state index in [0.717, 1.165) is 0 Å². The first kappa shape index (κ1) is 18.2. The first-order valence-electron chi connectivity index (χ1n) is 7.65. The molecule has 0 spiro atoms. The summed E-state index contributed by atoms with van der Waals surface area (Å²) in [5, 5.41) is 9.54. The van der Waals surface area contributed by atoms with Crippen LogP contribution in [0.15, 0.2) is 41.0 Å². The lowest BCUT2D eigenvalue weighted by Gasteiger charge is -2.27. The van der Waals surface area contributed by atoms with Gasteiger partial charge in [0.15, 0.2) is 11.5 Å². The van der Waals surface area contributed by atoms with Gasteiger partial charge in [0.25, 0.3) is 0 Å². The smallest absolute Gasteiger partial charge is 0.338 e. The molecule has 2 N–H and O–H groups in total. The normalized spacial score (nSPS) is 16.8. The molecule has 2 rings (SSSR count). The molecule has 0 aromatic heterocycles. The number of nitriles is 1. The van der Waals surface area contributed by atoms with Gasteiger partial charge in [0.1, 0.15) is 17.4 Å². The van der Waals surface area contributed by atoms with E-state index in [0.29, 0.717) is 22.8 Å². The first-order valence-corrected chi connectivity index (χ1v) is 7.65. The lowest BCUT2D eigenvalue weighted by molar-refractivity contribution is -0.139. The van der Waals surface area contributed by atoms with Crippen LogP contribution in [0.4, 0.5) is 0 Å². The average Bonchev–Trinajstić information content (AvgIpc) is 2.60. The van der Waals surface area contributed by atoms with E-state index in [9.17, 15) is 10.1 Å². The molecule has 0 fully saturated rings. The topological polar surface area (TPSA) is 104 Å². The average molecular weight is 344 g/mol. The molecule has 132 valence electrons. The van der Waals surface area contributed by atoms with E-state index < -0.39 is 11.9 Å². The van der Waals surface area contributed by atoms with Crippen LogP contribution in [-0.2, 0) is 14.3 Å². The fraction of sp³-hybridized carbons (Fsp3) is 0.333. The third-order valence-electron chi connectivity index (χ3n) is 3.84. The molecule has 0 saturated carbocycles. The number of benzene rings is 1. The molecular weight excluding hydrogens is 324 g/mol. The Morgan fingerprint density at radius 1 is 1.32 bits per heavy atom. The van der Waals surface area contributed by atoms with Crippen LogP contribution in [0.3, 0.4) is 0 Å². The Hall–Kier alpha value is -3.14. The Morgan fingerprint density at radius 3 is 2.56 bits per heavy atom. The summed E-state index contributed by atoms with van der Waals surface area (Å²) in [5.74, 6) is 0.00980. The van der Waals surface area contributed by atoms with E-state index in [1.54, 1.807) is 32.0 Å². The molecule has 1 heterocycles. The number of rotatable bonds is 5. The summed E-state index contributed by atoms with van der Waals surface area (Å²) in [7, 11) is 3.03. The van der Waals surface area contributed by atoms with Crippen molar-refractivity contribution in [2.75, 3.05) is 20.8 Å². The molecule has 1 atom stereocenters. The van der Waals surface area contributed by atoms with E-state index >= 15 is 0 Å². The van der Waals surface area contributed by atoms with Crippen LogP contribution in [0.1, 0.15) is 25.3 Å². The Morgan fingerprint density at radius 2 is 2.00 bits per heavy atom. The highest BCUT2D eigenvalue weighted by atomic mass is 16.5. The molecule has 25 heavy (non-hydrogen) atoms. The van der Waals surface area contributed by atoms with E-state index in [-0.39, 0.29) is 23.6 Å². The van der Waals surface area contributed by atoms with Gasteiger partial charge in [-0.2, -0.15) is 5.26 Å². The fourth-order valence-electron chi connectivity index (χ4n) is 2.72. The van der Waals surface area contributed by atoms with Gasteiger partial charge >= 0.3 is 5.97 Å². The van der Waals surface area contributed by atoms with Crippen LogP contribution in [0, 0.1) is 11.3 Å². The van der Waals surface area contributed by atoms with Gasteiger partial charge in [0, 0.05) is 0 Å². The van der Waals surface area contributed by atoms with E-state index in [1.807, 2.05) is 6.07 Å². The van der Waals surface area contributed by atoms with Crippen LogP contribution in [0.25, 0.3) is 0 Å². The monoisotopic (exact) mass is 344 g/mol. The summed E-state index contributed by atoms with van der Waals surface area (Å²) in [4.78, 5) is 12.4. The quantitative estimate of drug-likeness (QED) is 0.818. The van der Waals surface area contributed by atoms with Gasteiger partial charge in [0.2, 0.25) is 5.88 Å². The molecular formula is C18H20N2O5. The van der Waals surface area contributed by atoms with Crippen molar-refractivity contribution in [2.45, 2.75) is 19.8 Å². The van der Waals surface area contributed by atoms with Gasteiger partial charge < -0.3 is 24.7 Å². The maximum absolute atomic E-state index is 12.4. The fourth-order valence-corrected chi connectivity index (χ4v) is 2.72. The second kappa shape index (κ2) is 7.62. The summed E-state index contributed by atoms with van der Waals surface area (Å²) in [6, 6.07) is 7.18. The zero-order valence-electron chi connectivity index (χ0n) is 14.6. The second-order valence-electron chi connectivity index (χ2n) is 5.23. The Kier molecular flexibility index (Phi) is 5.55. The number of hydrogen-bond acceptors (Lipinski definition) is 7. The van der Waals surface area contributed by atoms with Crippen LogP contribution in [0.2, 0.25) is 0 Å². The molecule has 0 radical (unpaired) electrons. The van der Waals surface area contributed by atoms with Crippen molar-refractivity contribution in [3.63, 3.8) is 0 Å². The molecule has 0 saturated heterocycles. The predicted octanol–water partition coefficient (Wildman–Crippen LogP) is 2.35. The molecule has 1 unspecified atom stereocenters. The SMILES string of the molecule is CCOC(=O)C1=C(C)OC(N)=C(C#N)C1c1ccc(OC)c(OC)c1. The molecule has 0 aliphatic carbocycles. The van der Waals surface area contributed by atoms with Gasteiger partial charge in [-0.1, -0.05) is 6.07 Å². The molecule has 1 aliphatic rings. The molecule has 1 aromatic rings. The van der Waals surface area contributed by atoms with Crippen molar-refractivity contribution in [3.8, 4) is 17.6 Å². The van der Waals surface area contributed by atoms with Gasteiger partial charge in [-0.15, -0.1) is 0 Å². The molecule has 0 bridgehead atoms. The highest BCUT2D eigenvalue weighted by Gasteiger charge is 2.36. The van der Waals surface area contributed by atoms with Crippen LogP contribution >= 0.6 is 0 Å². The van der Waals surface area contributed by atoms with Crippen molar-refractivity contribution < 1.29 is 23.7 Å². The van der Waals surface area contributed by atoms with Gasteiger partial charge in [0.05, 0.1) is 32.3 Å². The van der Waals surface area contributed by atoms with Crippen molar-refractivity contribution >= 4 is 5.97 Å².